The highest BCUT2D eigenvalue weighted by atomic mass is 16.4. The monoisotopic (exact) mass is 283 g/mol. The number of aromatic amines is 1. The van der Waals surface area contributed by atoms with E-state index in [1.54, 1.807) is 13.8 Å². The van der Waals surface area contributed by atoms with Crippen LogP contribution in [0.1, 0.15) is 46.0 Å². The second kappa shape index (κ2) is 9.28. The first-order valence-corrected chi connectivity index (χ1v) is 6.72. The third-order valence-electron chi connectivity index (χ3n) is 3.15. The minimum atomic E-state index is -1.01. The Balaban J connectivity index is 0.000000396. The second-order valence-electron chi connectivity index (χ2n) is 4.40. The molecule has 0 radical (unpaired) electrons. The molecule has 0 aliphatic heterocycles. The molecule has 0 aliphatic rings. The molecule has 0 atom stereocenters. The highest BCUT2D eigenvalue weighted by Crippen LogP contribution is 2.15. The van der Waals surface area contributed by atoms with Gasteiger partial charge < -0.3 is 20.7 Å². The summed E-state index contributed by atoms with van der Waals surface area (Å²) in [5, 5.41) is 8.72. The fourth-order valence-corrected chi connectivity index (χ4v) is 1.94. The molecule has 0 aliphatic carbocycles. The van der Waals surface area contributed by atoms with Crippen molar-refractivity contribution in [3.05, 3.63) is 22.5 Å². The summed E-state index contributed by atoms with van der Waals surface area (Å²) in [5.74, 6) is -1.01. The lowest BCUT2D eigenvalue weighted by atomic mass is 10.1. The molecule has 0 fully saturated rings. The molecule has 0 bridgehead atoms. The Kier molecular flexibility index (Phi) is 8.51. The summed E-state index contributed by atoms with van der Waals surface area (Å²) in [7, 11) is 0. The summed E-state index contributed by atoms with van der Waals surface area (Å²) in [6.07, 6.45) is 0.620. The lowest BCUT2D eigenvalue weighted by molar-refractivity contribution is 0.0695. The van der Waals surface area contributed by atoms with Crippen molar-refractivity contribution in [2.24, 2.45) is 5.73 Å². The minimum Gasteiger partial charge on any atom is -0.478 e. The summed E-state index contributed by atoms with van der Waals surface area (Å²) < 4.78 is 0. The number of aromatic nitrogens is 1. The number of aromatic carboxylic acids is 1. The zero-order valence-corrected chi connectivity index (χ0v) is 12.7. The van der Waals surface area contributed by atoms with Gasteiger partial charge in [-0.1, -0.05) is 13.8 Å². The second-order valence-corrected chi connectivity index (χ2v) is 4.40. The molecule has 4 N–H and O–H groups in total. The molecule has 114 valence electrons. The number of hydrogen-bond acceptors (Lipinski definition) is 4. The average Bonchev–Trinajstić information content (AvgIpc) is 2.71. The Morgan fingerprint density at radius 3 is 2.10 bits per heavy atom. The fraction of sp³-hybridized carbons (Fsp3) is 0.571. The Morgan fingerprint density at radius 2 is 1.90 bits per heavy atom. The Bertz CT molecular complexity index is 437. The molecular formula is C14H25N3O3. The van der Waals surface area contributed by atoms with Crippen LogP contribution in [0.3, 0.4) is 0 Å². The SMILES string of the molecule is CCN(CC)CCN.Cc1[nH]c(C=O)c(C)c1C(=O)O. The topological polar surface area (TPSA) is 99.4 Å². The molecule has 0 amide bonds. The molecule has 1 aromatic rings. The number of carboxylic acid groups (broad SMARTS) is 1. The van der Waals surface area contributed by atoms with E-state index in [1.807, 2.05) is 0 Å². The summed E-state index contributed by atoms with van der Waals surface area (Å²) in [6.45, 7) is 11.6. The molecule has 0 aromatic carbocycles. The van der Waals surface area contributed by atoms with E-state index in [1.165, 1.54) is 0 Å². The molecule has 1 aromatic heterocycles. The normalized spacial score (nSPS) is 10.1. The smallest absolute Gasteiger partial charge is 0.337 e. The number of rotatable bonds is 6. The number of carbonyl (C=O) groups excluding carboxylic acids is 1. The summed E-state index contributed by atoms with van der Waals surface area (Å²) >= 11 is 0. The van der Waals surface area contributed by atoms with Crippen LogP contribution in [0.15, 0.2) is 0 Å². The van der Waals surface area contributed by atoms with Gasteiger partial charge in [0.25, 0.3) is 0 Å². The lowest BCUT2D eigenvalue weighted by Gasteiger charge is -2.15. The van der Waals surface area contributed by atoms with Crippen molar-refractivity contribution in [2.45, 2.75) is 27.7 Å². The number of likely N-dealkylation sites (N-methyl/N-ethyl adjacent to an activating group) is 1. The van der Waals surface area contributed by atoms with Gasteiger partial charge in [-0.2, -0.15) is 0 Å². The predicted octanol–water partition coefficient (Wildman–Crippen LogP) is 1.43. The van der Waals surface area contributed by atoms with E-state index in [0.29, 0.717) is 23.2 Å². The quantitative estimate of drug-likeness (QED) is 0.686. The van der Waals surface area contributed by atoms with Crippen molar-refractivity contribution in [2.75, 3.05) is 26.2 Å². The van der Waals surface area contributed by atoms with E-state index in [2.05, 4.69) is 23.7 Å². The van der Waals surface area contributed by atoms with Gasteiger partial charge >= 0.3 is 5.97 Å². The number of aryl methyl sites for hydroxylation is 1. The van der Waals surface area contributed by atoms with Gasteiger partial charge in [-0.05, 0) is 32.5 Å². The van der Waals surface area contributed by atoms with Crippen LogP contribution in [0.25, 0.3) is 0 Å². The maximum atomic E-state index is 10.6. The first-order valence-electron chi connectivity index (χ1n) is 6.72. The zero-order chi connectivity index (χ0) is 15.7. The third-order valence-corrected chi connectivity index (χ3v) is 3.15. The fourth-order valence-electron chi connectivity index (χ4n) is 1.94. The number of nitrogens with zero attached hydrogens (tertiary/aromatic N) is 1. The van der Waals surface area contributed by atoms with Gasteiger partial charge in [0.2, 0.25) is 0 Å². The molecule has 0 unspecified atom stereocenters. The van der Waals surface area contributed by atoms with Crippen LogP contribution in [0, 0.1) is 13.8 Å². The van der Waals surface area contributed by atoms with Crippen molar-refractivity contribution >= 4 is 12.3 Å². The number of aldehydes is 1. The largest absolute Gasteiger partial charge is 0.478 e. The van der Waals surface area contributed by atoms with E-state index in [0.717, 1.165) is 26.2 Å². The van der Waals surface area contributed by atoms with Crippen LogP contribution in [-0.2, 0) is 0 Å². The first kappa shape index (κ1) is 18.3. The number of H-pyrrole nitrogens is 1. The number of carboxylic acids is 1. The van der Waals surface area contributed by atoms with Crippen LogP contribution < -0.4 is 5.73 Å². The molecule has 1 heterocycles. The molecule has 6 nitrogen and oxygen atoms in total. The van der Waals surface area contributed by atoms with E-state index >= 15 is 0 Å². The van der Waals surface area contributed by atoms with Crippen molar-refractivity contribution < 1.29 is 14.7 Å². The molecule has 1 rings (SSSR count). The molecule has 0 saturated carbocycles. The van der Waals surface area contributed by atoms with Gasteiger partial charge in [-0.15, -0.1) is 0 Å². The summed E-state index contributed by atoms with van der Waals surface area (Å²) in [4.78, 5) is 26.0. The van der Waals surface area contributed by atoms with Gasteiger partial charge in [-0.3, -0.25) is 4.79 Å². The van der Waals surface area contributed by atoms with Crippen LogP contribution in [0.5, 0.6) is 0 Å². The highest BCUT2D eigenvalue weighted by molar-refractivity contribution is 5.94. The standard InChI is InChI=1S/C8H9NO3.C6H16N2/c1-4-6(3-10)9-5(2)7(4)8(11)12;1-3-8(4-2)6-5-7/h3,9H,1-2H3,(H,11,12);3-7H2,1-2H3. The Morgan fingerprint density at radius 1 is 1.35 bits per heavy atom. The van der Waals surface area contributed by atoms with Gasteiger partial charge in [0.1, 0.15) is 0 Å². The maximum Gasteiger partial charge on any atom is 0.337 e. The maximum absolute atomic E-state index is 10.6. The number of nitrogens with two attached hydrogens (primary N) is 1. The van der Waals surface area contributed by atoms with Gasteiger partial charge in [-0.25, -0.2) is 4.79 Å². The highest BCUT2D eigenvalue weighted by Gasteiger charge is 2.16. The number of nitrogens with one attached hydrogen (secondary N) is 1. The molecule has 0 spiro atoms. The molecular weight excluding hydrogens is 258 g/mol. The van der Waals surface area contributed by atoms with Crippen molar-refractivity contribution in [1.29, 1.82) is 0 Å². The van der Waals surface area contributed by atoms with Crippen molar-refractivity contribution in [3.63, 3.8) is 0 Å². The minimum absolute atomic E-state index is 0.192. The van der Waals surface area contributed by atoms with Crippen LogP contribution in [0.4, 0.5) is 0 Å². The van der Waals surface area contributed by atoms with Gasteiger partial charge in [0.15, 0.2) is 6.29 Å². The van der Waals surface area contributed by atoms with E-state index in [-0.39, 0.29) is 5.56 Å². The van der Waals surface area contributed by atoms with E-state index < -0.39 is 5.97 Å². The predicted molar refractivity (Wildman–Crippen MR) is 79.5 cm³/mol. The first-order chi connectivity index (χ1) is 9.42. The molecule has 20 heavy (non-hydrogen) atoms. The van der Waals surface area contributed by atoms with Gasteiger partial charge in [0.05, 0.1) is 11.3 Å². The van der Waals surface area contributed by atoms with Crippen molar-refractivity contribution in [3.8, 4) is 0 Å². The van der Waals surface area contributed by atoms with Crippen LogP contribution in [-0.4, -0.2) is 53.4 Å². The summed E-state index contributed by atoms with van der Waals surface area (Å²) in [6, 6.07) is 0. The molecule has 0 saturated heterocycles. The van der Waals surface area contributed by atoms with Crippen molar-refractivity contribution in [1.82, 2.24) is 9.88 Å². The number of hydrogen-bond donors (Lipinski definition) is 3. The van der Waals surface area contributed by atoms with E-state index in [9.17, 15) is 9.59 Å². The average molecular weight is 283 g/mol. The Hall–Kier alpha value is -1.66. The summed E-state index contributed by atoms with van der Waals surface area (Å²) in [5.41, 5.74) is 6.88. The van der Waals surface area contributed by atoms with Crippen LogP contribution in [0.2, 0.25) is 0 Å². The Labute approximate surface area is 120 Å². The zero-order valence-electron chi connectivity index (χ0n) is 12.7. The van der Waals surface area contributed by atoms with E-state index in [4.69, 9.17) is 10.8 Å². The molecule has 6 heteroatoms. The number of carbonyl (C=O) groups is 2. The third kappa shape index (κ3) is 5.14. The van der Waals surface area contributed by atoms with Gasteiger partial charge in [0, 0.05) is 18.8 Å². The van der Waals surface area contributed by atoms with Crippen LogP contribution >= 0.6 is 0 Å². The lowest BCUT2D eigenvalue weighted by Crippen LogP contribution is -2.28.